The minimum atomic E-state index is -1.47. The van der Waals surface area contributed by atoms with Crippen LogP contribution in [0.2, 0.25) is 0 Å². The van der Waals surface area contributed by atoms with Crippen LogP contribution in [0.25, 0.3) is 11.1 Å². The van der Waals surface area contributed by atoms with E-state index in [1.807, 2.05) is 48.5 Å². The van der Waals surface area contributed by atoms with Crippen LogP contribution in [-0.2, 0) is 4.79 Å². The van der Waals surface area contributed by atoms with Crippen molar-refractivity contribution in [3.63, 3.8) is 0 Å². The molecule has 1 heterocycles. The third-order valence-electron chi connectivity index (χ3n) is 4.62. The van der Waals surface area contributed by atoms with E-state index in [0.717, 1.165) is 11.1 Å². The zero-order chi connectivity index (χ0) is 19.4. The van der Waals surface area contributed by atoms with Crippen molar-refractivity contribution >= 4 is 11.7 Å². The highest BCUT2D eigenvalue weighted by Gasteiger charge is 2.33. The van der Waals surface area contributed by atoms with Crippen molar-refractivity contribution in [2.75, 3.05) is 6.61 Å². The second-order valence-corrected chi connectivity index (χ2v) is 6.68. The molecule has 1 aliphatic rings. The summed E-state index contributed by atoms with van der Waals surface area (Å²) in [6.07, 6.45) is -0.909. The van der Waals surface area contributed by atoms with E-state index in [1.165, 1.54) is 0 Å². The molecule has 3 rings (SSSR count). The Kier molecular flexibility index (Phi) is 7.14. The van der Waals surface area contributed by atoms with Gasteiger partial charge in [-0.15, -0.1) is 0 Å². The van der Waals surface area contributed by atoms with E-state index in [2.05, 4.69) is 5.32 Å². The van der Waals surface area contributed by atoms with E-state index in [9.17, 15) is 4.79 Å². The number of nitrogens with one attached hydrogen (secondary N) is 2. The summed E-state index contributed by atoms with van der Waals surface area (Å²) in [5.41, 5.74) is 8.18. The first kappa shape index (κ1) is 21.4. The Bertz CT molecular complexity index is 803. The molecule has 1 saturated heterocycles. The number of nitrogens with two attached hydrogens (primary N) is 1. The second-order valence-electron chi connectivity index (χ2n) is 6.68. The molecule has 1 aliphatic heterocycles. The van der Waals surface area contributed by atoms with E-state index in [4.69, 9.17) is 26.1 Å². The van der Waals surface area contributed by atoms with Crippen molar-refractivity contribution in [2.24, 2.45) is 11.7 Å². The molecule has 1 fully saturated rings. The molecule has 0 bridgehead atoms. The summed E-state index contributed by atoms with van der Waals surface area (Å²) < 4.78 is 5.75. The number of aliphatic hydroxyl groups excluding tert-OH is 1. The molecule has 1 unspecified atom stereocenters. The van der Waals surface area contributed by atoms with Gasteiger partial charge in [0.1, 0.15) is 18.2 Å². The molecule has 1 amide bonds. The Morgan fingerprint density at radius 1 is 1.14 bits per heavy atom. The fourth-order valence-corrected chi connectivity index (χ4v) is 3.18. The topological polar surface area (TPSA) is 129 Å². The molecule has 7 heteroatoms. The lowest BCUT2D eigenvalue weighted by atomic mass is 10.0. The molecule has 7 nitrogen and oxygen atoms in total. The number of nitrogen functional groups attached to an aromatic ring is 1. The molecular weight excluding hydrogens is 358 g/mol. The summed E-state index contributed by atoms with van der Waals surface area (Å²) in [6.45, 7) is 0.330. The maximum Gasteiger partial charge on any atom is 0.223 e. The van der Waals surface area contributed by atoms with E-state index in [0.29, 0.717) is 24.3 Å². The van der Waals surface area contributed by atoms with E-state index in [1.54, 1.807) is 0 Å². The van der Waals surface area contributed by atoms with Crippen molar-refractivity contribution in [3.05, 3.63) is 54.1 Å². The molecule has 0 aliphatic carbocycles. The predicted octanol–water partition coefficient (Wildman–Crippen LogP) is 1.86. The molecule has 150 valence electrons. The summed E-state index contributed by atoms with van der Waals surface area (Å²) >= 11 is 0. The van der Waals surface area contributed by atoms with Gasteiger partial charge in [0.2, 0.25) is 5.91 Å². The molecule has 0 radical (unpaired) electrons. The fourth-order valence-electron chi connectivity index (χ4n) is 3.18. The van der Waals surface area contributed by atoms with Crippen molar-refractivity contribution in [1.82, 2.24) is 5.32 Å². The fraction of sp³-hybridized carbons (Fsp3) is 0.333. The van der Waals surface area contributed by atoms with Gasteiger partial charge in [0.15, 0.2) is 6.29 Å². The number of hydrogen-bond donors (Lipinski definition) is 5. The molecule has 0 spiro atoms. The molecule has 0 saturated carbocycles. The van der Waals surface area contributed by atoms with Gasteiger partial charge in [-0.2, -0.15) is 0 Å². The van der Waals surface area contributed by atoms with Gasteiger partial charge < -0.3 is 26.0 Å². The third kappa shape index (κ3) is 5.31. The predicted molar refractivity (Wildman–Crippen MR) is 108 cm³/mol. The van der Waals surface area contributed by atoms with Crippen LogP contribution in [0.15, 0.2) is 48.5 Å². The van der Waals surface area contributed by atoms with Crippen LogP contribution in [0.4, 0.5) is 0 Å². The van der Waals surface area contributed by atoms with Crippen LogP contribution >= 0.6 is 0 Å². The number of benzene rings is 2. The van der Waals surface area contributed by atoms with Gasteiger partial charge in [0.05, 0.1) is 6.04 Å². The molecular formula is C21H27N3O4. The van der Waals surface area contributed by atoms with Gasteiger partial charge >= 0.3 is 0 Å². The molecule has 2 aromatic carbocycles. The summed E-state index contributed by atoms with van der Waals surface area (Å²) in [6, 6.07) is 14.9. The number of carbonyl (C=O) groups is 1. The number of ether oxygens (including phenoxy) is 1. The van der Waals surface area contributed by atoms with Crippen LogP contribution in [0.1, 0.15) is 25.8 Å². The monoisotopic (exact) mass is 385 g/mol. The number of aliphatic hydroxyl groups is 2. The van der Waals surface area contributed by atoms with E-state index < -0.39 is 6.29 Å². The lowest BCUT2D eigenvalue weighted by Crippen LogP contribution is -2.31. The van der Waals surface area contributed by atoms with Crippen LogP contribution in [0.3, 0.4) is 0 Å². The number of rotatable bonds is 7. The standard InChI is InChI=1S/C20H23N3O4.CH4/c21-19(22)14-3-1-12(2-4-14)13-5-7-17(8-6-13)27-11-16-9-15(10-18(24)25)20(26)23-16;/h1-8,15-16,18,24-25H,9-11H2,(H3,21,22)(H,23,26);1H4/t15-,16?;/m0./s1. The number of amides is 1. The SMILES string of the molecule is C.N=C(N)c1ccc(-c2ccc(OCC3C[C@@H](CC(O)O)C(=O)N3)cc2)cc1. The maximum atomic E-state index is 11.8. The Labute approximate surface area is 164 Å². The summed E-state index contributed by atoms with van der Waals surface area (Å²) in [4.78, 5) is 11.8. The Hall–Kier alpha value is -2.90. The van der Waals surface area contributed by atoms with Crippen LogP contribution < -0.4 is 15.8 Å². The van der Waals surface area contributed by atoms with E-state index >= 15 is 0 Å². The highest BCUT2D eigenvalue weighted by atomic mass is 16.5. The molecule has 6 N–H and O–H groups in total. The van der Waals surface area contributed by atoms with Crippen molar-refractivity contribution in [1.29, 1.82) is 5.41 Å². The van der Waals surface area contributed by atoms with Gasteiger partial charge in [0.25, 0.3) is 0 Å². The highest BCUT2D eigenvalue weighted by Crippen LogP contribution is 2.24. The van der Waals surface area contributed by atoms with Crippen LogP contribution in [-0.4, -0.2) is 40.9 Å². The zero-order valence-corrected chi connectivity index (χ0v) is 14.8. The van der Waals surface area contributed by atoms with Gasteiger partial charge in [-0.05, 0) is 29.7 Å². The minimum absolute atomic E-state index is 0. The first-order valence-electron chi connectivity index (χ1n) is 8.76. The zero-order valence-electron chi connectivity index (χ0n) is 14.8. The number of carbonyl (C=O) groups excluding carboxylic acids is 1. The molecule has 0 aromatic heterocycles. The Morgan fingerprint density at radius 3 is 2.25 bits per heavy atom. The quantitative estimate of drug-likeness (QED) is 0.282. The Balaban J connectivity index is 0.00000280. The third-order valence-corrected chi connectivity index (χ3v) is 4.62. The number of hydrogen-bond acceptors (Lipinski definition) is 5. The largest absolute Gasteiger partial charge is 0.491 e. The van der Waals surface area contributed by atoms with E-state index in [-0.39, 0.29) is 37.6 Å². The number of amidine groups is 1. The van der Waals surface area contributed by atoms with Crippen LogP contribution in [0.5, 0.6) is 5.75 Å². The minimum Gasteiger partial charge on any atom is -0.491 e. The molecule has 2 aromatic rings. The average molecular weight is 385 g/mol. The lowest BCUT2D eigenvalue weighted by Gasteiger charge is -2.13. The summed E-state index contributed by atoms with van der Waals surface area (Å²) in [7, 11) is 0. The second kappa shape index (κ2) is 9.34. The van der Waals surface area contributed by atoms with Gasteiger partial charge in [-0.1, -0.05) is 43.8 Å². The average Bonchev–Trinajstić information content (AvgIpc) is 2.99. The van der Waals surface area contributed by atoms with Gasteiger partial charge in [-0.25, -0.2) is 0 Å². The van der Waals surface area contributed by atoms with Gasteiger partial charge in [-0.3, -0.25) is 10.2 Å². The lowest BCUT2D eigenvalue weighted by molar-refractivity contribution is -0.126. The van der Waals surface area contributed by atoms with Crippen molar-refractivity contribution < 1.29 is 19.7 Å². The summed E-state index contributed by atoms with van der Waals surface area (Å²) in [5.74, 6) is 0.180. The smallest absolute Gasteiger partial charge is 0.223 e. The Morgan fingerprint density at radius 2 is 1.71 bits per heavy atom. The first-order chi connectivity index (χ1) is 12.9. The van der Waals surface area contributed by atoms with Gasteiger partial charge in [0, 0.05) is 17.9 Å². The summed E-state index contributed by atoms with van der Waals surface area (Å²) in [5, 5.41) is 28.3. The highest BCUT2D eigenvalue weighted by molar-refractivity contribution is 5.95. The first-order valence-corrected chi connectivity index (χ1v) is 8.76. The van der Waals surface area contributed by atoms with Crippen molar-refractivity contribution in [3.8, 4) is 16.9 Å². The van der Waals surface area contributed by atoms with Crippen molar-refractivity contribution in [2.45, 2.75) is 32.6 Å². The molecule has 2 atom stereocenters. The maximum absolute atomic E-state index is 11.8. The normalized spacial score (nSPS) is 18.5. The van der Waals surface area contributed by atoms with Crippen LogP contribution in [0, 0.1) is 11.3 Å². The molecule has 28 heavy (non-hydrogen) atoms.